The fourth-order valence-corrected chi connectivity index (χ4v) is 3.49. The van der Waals surface area contributed by atoms with Crippen LogP contribution in [0.2, 0.25) is 0 Å². The molecule has 0 radical (unpaired) electrons. The smallest absolute Gasteiger partial charge is 0.344 e. The van der Waals surface area contributed by atoms with Crippen molar-refractivity contribution in [2.45, 2.75) is 38.1 Å². The molecule has 1 aromatic carbocycles. The van der Waals surface area contributed by atoms with Gasteiger partial charge in [-0.25, -0.2) is 4.79 Å². The van der Waals surface area contributed by atoms with Crippen molar-refractivity contribution in [3.05, 3.63) is 24.3 Å². The number of amides is 3. The minimum Gasteiger partial charge on any atom is -0.497 e. The fraction of sp³-hybridized carbons (Fsp3) is 0.471. The van der Waals surface area contributed by atoms with E-state index in [-0.39, 0.29) is 11.0 Å². The number of imide groups is 1. The number of hydrogen-bond donors (Lipinski definition) is 3. The molecule has 7 nitrogen and oxygen atoms in total. The van der Waals surface area contributed by atoms with Crippen molar-refractivity contribution in [2.75, 3.05) is 12.4 Å². The van der Waals surface area contributed by atoms with Gasteiger partial charge in [0, 0.05) is 11.8 Å². The lowest BCUT2D eigenvalue weighted by Gasteiger charge is -2.33. The van der Waals surface area contributed by atoms with Crippen molar-refractivity contribution < 1.29 is 14.3 Å². The Kier molecular flexibility index (Phi) is 4.80. The standard InChI is InChI=1S/C17H22N4O3S/c1-11-6-8-17(9-7-11)14(22)21(16(23)19-17)20-15(25)18-12-4-3-5-13(10-12)24-2/h3-5,10-11H,6-9H2,1-2H3,(H,19,23)(H2,18,20,25). The Bertz CT molecular complexity index is 701. The van der Waals surface area contributed by atoms with E-state index in [2.05, 4.69) is 23.0 Å². The Morgan fingerprint density at radius 2 is 2.08 bits per heavy atom. The van der Waals surface area contributed by atoms with E-state index >= 15 is 0 Å². The van der Waals surface area contributed by atoms with Crippen LogP contribution in [-0.2, 0) is 4.79 Å². The van der Waals surface area contributed by atoms with E-state index in [1.54, 1.807) is 13.2 Å². The van der Waals surface area contributed by atoms with Gasteiger partial charge in [-0.1, -0.05) is 13.0 Å². The second kappa shape index (κ2) is 6.87. The highest BCUT2D eigenvalue weighted by Gasteiger charge is 2.52. The summed E-state index contributed by atoms with van der Waals surface area (Å²) in [6, 6.07) is 6.74. The second-order valence-electron chi connectivity index (χ2n) is 6.63. The van der Waals surface area contributed by atoms with Gasteiger partial charge in [0.15, 0.2) is 5.11 Å². The van der Waals surface area contributed by atoms with E-state index in [1.165, 1.54) is 0 Å². The molecule has 8 heteroatoms. The van der Waals surface area contributed by atoms with Crippen LogP contribution in [0.5, 0.6) is 5.75 Å². The fourth-order valence-electron chi connectivity index (χ4n) is 3.28. The third-order valence-corrected chi connectivity index (χ3v) is 5.02. The van der Waals surface area contributed by atoms with Gasteiger partial charge in [-0.15, -0.1) is 0 Å². The number of carbonyl (C=O) groups excluding carboxylic acids is 2. The van der Waals surface area contributed by atoms with Crippen LogP contribution in [0, 0.1) is 5.92 Å². The summed E-state index contributed by atoms with van der Waals surface area (Å²) in [4.78, 5) is 25.0. The minimum atomic E-state index is -0.790. The first-order valence-electron chi connectivity index (χ1n) is 8.32. The average molecular weight is 362 g/mol. The lowest BCUT2D eigenvalue weighted by atomic mass is 9.77. The normalized spacial score (nSPS) is 25.7. The van der Waals surface area contributed by atoms with Crippen LogP contribution in [0.4, 0.5) is 10.5 Å². The molecule has 3 rings (SSSR count). The number of nitrogens with zero attached hydrogens (tertiary/aromatic N) is 1. The predicted octanol–water partition coefficient (Wildman–Crippen LogP) is 2.40. The third kappa shape index (κ3) is 3.53. The average Bonchev–Trinajstić information content (AvgIpc) is 2.82. The number of ether oxygens (including phenoxy) is 1. The summed E-state index contributed by atoms with van der Waals surface area (Å²) in [5.41, 5.74) is 2.61. The monoisotopic (exact) mass is 362 g/mol. The molecule has 1 spiro atoms. The van der Waals surface area contributed by atoms with Gasteiger partial charge >= 0.3 is 6.03 Å². The highest BCUT2D eigenvalue weighted by atomic mass is 32.1. The summed E-state index contributed by atoms with van der Waals surface area (Å²) >= 11 is 5.23. The van der Waals surface area contributed by atoms with Gasteiger partial charge in [0.05, 0.1) is 7.11 Å². The zero-order chi connectivity index (χ0) is 18.0. The van der Waals surface area contributed by atoms with E-state index in [9.17, 15) is 9.59 Å². The summed E-state index contributed by atoms with van der Waals surface area (Å²) < 4.78 is 5.16. The molecular formula is C17H22N4O3S. The zero-order valence-corrected chi connectivity index (χ0v) is 15.1. The number of hydrazine groups is 1. The predicted molar refractivity (Wildman–Crippen MR) is 98.1 cm³/mol. The van der Waals surface area contributed by atoms with E-state index in [0.717, 1.165) is 17.9 Å². The lowest BCUT2D eigenvalue weighted by Crippen LogP contribution is -2.52. The molecule has 2 aliphatic rings. The summed E-state index contributed by atoms with van der Waals surface area (Å²) in [7, 11) is 1.58. The number of hydrogen-bond acceptors (Lipinski definition) is 4. The lowest BCUT2D eigenvalue weighted by molar-refractivity contribution is -0.133. The van der Waals surface area contributed by atoms with E-state index in [0.29, 0.717) is 30.2 Å². The van der Waals surface area contributed by atoms with Gasteiger partial charge < -0.3 is 15.4 Å². The molecule has 2 fully saturated rings. The van der Waals surface area contributed by atoms with Crippen molar-refractivity contribution in [3.8, 4) is 5.75 Å². The topological polar surface area (TPSA) is 82.7 Å². The van der Waals surface area contributed by atoms with Crippen molar-refractivity contribution >= 4 is 35.0 Å². The molecule has 0 bridgehead atoms. The molecule has 1 aliphatic heterocycles. The maximum absolute atomic E-state index is 12.8. The number of anilines is 1. The van der Waals surface area contributed by atoms with Gasteiger partial charge in [-0.2, -0.15) is 5.01 Å². The number of methoxy groups -OCH3 is 1. The first kappa shape index (κ1) is 17.5. The molecule has 1 aliphatic carbocycles. The summed E-state index contributed by atoms with van der Waals surface area (Å²) in [5, 5.41) is 6.94. The van der Waals surface area contributed by atoms with Gasteiger partial charge in [0.25, 0.3) is 5.91 Å². The van der Waals surface area contributed by atoms with Crippen molar-refractivity contribution in [2.24, 2.45) is 5.92 Å². The Morgan fingerprint density at radius 1 is 1.36 bits per heavy atom. The SMILES string of the molecule is COc1cccc(NC(=S)NN2C(=O)NC3(CCC(C)CC3)C2=O)c1. The van der Waals surface area contributed by atoms with Gasteiger partial charge in [-0.05, 0) is 56.0 Å². The highest BCUT2D eigenvalue weighted by Crippen LogP contribution is 2.35. The first-order chi connectivity index (χ1) is 11.9. The first-order valence-corrected chi connectivity index (χ1v) is 8.73. The maximum Gasteiger partial charge on any atom is 0.344 e. The number of benzene rings is 1. The highest BCUT2D eigenvalue weighted by molar-refractivity contribution is 7.80. The second-order valence-corrected chi connectivity index (χ2v) is 7.04. The van der Waals surface area contributed by atoms with Crippen molar-refractivity contribution in [1.82, 2.24) is 15.8 Å². The molecule has 0 aromatic heterocycles. The summed E-state index contributed by atoms with van der Waals surface area (Å²) in [5.74, 6) is 0.991. The van der Waals surface area contributed by atoms with Crippen LogP contribution in [0.1, 0.15) is 32.6 Å². The number of rotatable bonds is 3. The molecule has 3 amide bonds. The molecule has 134 valence electrons. The van der Waals surface area contributed by atoms with E-state index in [4.69, 9.17) is 17.0 Å². The van der Waals surface area contributed by atoms with Crippen LogP contribution >= 0.6 is 12.2 Å². The third-order valence-electron chi connectivity index (χ3n) is 4.83. The molecule has 0 unspecified atom stereocenters. The number of nitrogens with one attached hydrogen (secondary N) is 3. The Balaban J connectivity index is 1.65. The van der Waals surface area contributed by atoms with Crippen molar-refractivity contribution in [3.63, 3.8) is 0 Å². The van der Waals surface area contributed by atoms with E-state index in [1.807, 2.05) is 18.2 Å². The Hall–Kier alpha value is -2.35. The quantitative estimate of drug-likeness (QED) is 0.566. The summed E-state index contributed by atoms with van der Waals surface area (Å²) in [6.45, 7) is 2.16. The molecule has 1 saturated carbocycles. The van der Waals surface area contributed by atoms with Crippen LogP contribution in [0.15, 0.2) is 24.3 Å². The molecule has 1 heterocycles. The van der Waals surface area contributed by atoms with Crippen LogP contribution in [0.3, 0.4) is 0 Å². The summed E-state index contributed by atoms with van der Waals surface area (Å²) in [6.07, 6.45) is 3.17. The van der Waals surface area contributed by atoms with Crippen molar-refractivity contribution in [1.29, 1.82) is 0 Å². The van der Waals surface area contributed by atoms with E-state index < -0.39 is 11.6 Å². The van der Waals surface area contributed by atoms with Crippen LogP contribution in [-0.4, -0.2) is 34.7 Å². The minimum absolute atomic E-state index is 0.165. The van der Waals surface area contributed by atoms with Gasteiger partial charge in [0.2, 0.25) is 0 Å². The molecule has 1 aromatic rings. The molecule has 25 heavy (non-hydrogen) atoms. The molecular weight excluding hydrogens is 340 g/mol. The molecule has 3 N–H and O–H groups in total. The van der Waals surface area contributed by atoms with Gasteiger partial charge in [0.1, 0.15) is 11.3 Å². The van der Waals surface area contributed by atoms with Gasteiger partial charge in [-0.3, -0.25) is 10.2 Å². The van der Waals surface area contributed by atoms with Crippen LogP contribution < -0.4 is 20.8 Å². The maximum atomic E-state index is 12.8. The zero-order valence-electron chi connectivity index (χ0n) is 14.3. The molecule has 1 saturated heterocycles. The number of carbonyl (C=O) groups is 2. The number of thiocarbonyl (C=S) groups is 1. The number of urea groups is 1. The van der Waals surface area contributed by atoms with Crippen LogP contribution in [0.25, 0.3) is 0 Å². The molecule has 0 atom stereocenters. The largest absolute Gasteiger partial charge is 0.497 e. The Morgan fingerprint density at radius 3 is 2.76 bits per heavy atom. The Labute approximate surface area is 152 Å².